The van der Waals surface area contributed by atoms with Gasteiger partial charge in [0.1, 0.15) is 5.75 Å². The molecule has 0 fully saturated rings. The second kappa shape index (κ2) is 4.28. The molecular formula is C11H16O2. The maximum atomic E-state index is 9.33. The molecule has 1 unspecified atom stereocenters. The van der Waals surface area contributed by atoms with Crippen LogP contribution in [0.2, 0.25) is 0 Å². The number of aryl methyl sites for hydroxylation is 1. The third-order valence-electron chi connectivity index (χ3n) is 1.98. The minimum Gasteiger partial charge on any atom is -0.494 e. The van der Waals surface area contributed by atoms with Crippen LogP contribution in [0.25, 0.3) is 0 Å². The fraction of sp³-hybridized carbons (Fsp3) is 0.455. The molecule has 1 atom stereocenters. The number of aliphatic hydroxyl groups is 1. The molecule has 0 spiro atoms. The van der Waals surface area contributed by atoms with E-state index in [0.29, 0.717) is 6.61 Å². The van der Waals surface area contributed by atoms with Crippen LogP contribution < -0.4 is 4.74 Å². The Hall–Kier alpha value is -1.02. The minimum absolute atomic E-state index is 0.408. The highest BCUT2D eigenvalue weighted by atomic mass is 16.5. The lowest BCUT2D eigenvalue weighted by molar-refractivity contribution is 0.199. The summed E-state index contributed by atoms with van der Waals surface area (Å²) in [5, 5.41) is 9.33. The molecule has 0 amide bonds. The zero-order chi connectivity index (χ0) is 9.84. The van der Waals surface area contributed by atoms with Crippen LogP contribution in [0.5, 0.6) is 5.75 Å². The van der Waals surface area contributed by atoms with Crippen LogP contribution >= 0.6 is 0 Å². The lowest BCUT2D eigenvalue weighted by Gasteiger charge is -2.10. The lowest BCUT2D eigenvalue weighted by Crippen LogP contribution is -1.96. The van der Waals surface area contributed by atoms with Gasteiger partial charge in [-0.05, 0) is 44.0 Å². The summed E-state index contributed by atoms with van der Waals surface area (Å²) in [4.78, 5) is 0. The van der Waals surface area contributed by atoms with Gasteiger partial charge < -0.3 is 9.84 Å². The van der Waals surface area contributed by atoms with Crippen molar-refractivity contribution in [3.63, 3.8) is 0 Å². The molecule has 0 aliphatic rings. The smallest absolute Gasteiger partial charge is 0.122 e. The molecule has 0 aromatic heterocycles. The maximum absolute atomic E-state index is 9.33. The number of hydrogen-bond donors (Lipinski definition) is 1. The molecule has 13 heavy (non-hydrogen) atoms. The zero-order valence-corrected chi connectivity index (χ0v) is 8.37. The van der Waals surface area contributed by atoms with Crippen LogP contribution in [0, 0.1) is 6.92 Å². The summed E-state index contributed by atoms with van der Waals surface area (Å²) in [6, 6.07) is 5.75. The monoisotopic (exact) mass is 180 g/mol. The quantitative estimate of drug-likeness (QED) is 0.774. The predicted molar refractivity (Wildman–Crippen MR) is 53.0 cm³/mol. The van der Waals surface area contributed by atoms with Crippen molar-refractivity contribution >= 4 is 0 Å². The van der Waals surface area contributed by atoms with Gasteiger partial charge >= 0.3 is 0 Å². The average Bonchev–Trinajstić information content (AvgIpc) is 2.08. The second-order valence-electron chi connectivity index (χ2n) is 3.13. The second-order valence-corrected chi connectivity index (χ2v) is 3.13. The first-order chi connectivity index (χ1) is 6.15. The SMILES string of the molecule is CCOc1ccc(C(C)O)cc1C. The van der Waals surface area contributed by atoms with Gasteiger partial charge in [-0.15, -0.1) is 0 Å². The molecular weight excluding hydrogens is 164 g/mol. The van der Waals surface area contributed by atoms with E-state index in [1.807, 2.05) is 32.0 Å². The molecule has 1 N–H and O–H groups in total. The van der Waals surface area contributed by atoms with E-state index in [1.54, 1.807) is 6.92 Å². The van der Waals surface area contributed by atoms with Crippen LogP contribution in [-0.2, 0) is 0 Å². The number of rotatable bonds is 3. The number of benzene rings is 1. The molecule has 1 rings (SSSR count). The number of hydrogen-bond acceptors (Lipinski definition) is 2. The van der Waals surface area contributed by atoms with Crippen LogP contribution in [0.3, 0.4) is 0 Å². The zero-order valence-electron chi connectivity index (χ0n) is 8.37. The predicted octanol–water partition coefficient (Wildman–Crippen LogP) is 2.45. The van der Waals surface area contributed by atoms with Crippen LogP contribution in [0.1, 0.15) is 31.1 Å². The Bertz CT molecular complexity index is 279. The molecule has 2 nitrogen and oxygen atoms in total. The highest BCUT2D eigenvalue weighted by Crippen LogP contribution is 2.22. The molecule has 0 bridgehead atoms. The number of aliphatic hydroxyl groups excluding tert-OH is 1. The van der Waals surface area contributed by atoms with Gasteiger partial charge in [-0.2, -0.15) is 0 Å². The van der Waals surface area contributed by atoms with Gasteiger partial charge in [0.05, 0.1) is 12.7 Å². The van der Waals surface area contributed by atoms with E-state index in [-0.39, 0.29) is 0 Å². The Kier molecular flexibility index (Phi) is 3.32. The number of ether oxygens (including phenoxy) is 1. The summed E-state index contributed by atoms with van der Waals surface area (Å²) in [5.74, 6) is 0.895. The van der Waals surface area contributed by atoms with Crippen molar-refractivity contribution in [3.05, 3.63) is 29.3 Å². The van der Waals surface area contributed by atoms with Crippen molar-refractivity contribution in [2.45, 2.75) is 26.9 Å². The van der Waals surface area contributed by atoms with Crippen molar-refractivity contribution in [1.29, 1.82) is 0 Å². The van der Waals surface area contributed by atoms with Crippen LogP contribution in [0.4, 0.5) is 0 Å². The molecule has 2 heteroatoms. The molecule has 0 saturated heterocycles. The van der Waals surface area contributed by atoms with Crippen molar-refractivity contribution in [3.8, 4) is 5.75 Å². The molecule has 72 valence electrons. The Morgan fingerprint density at radius 3 is 2.62 bits per heavy atom. The third-order valence-corrected chi connectivity index (χ3v) is 1.98. The third kappa shape index (κ3) is 2.46. The highest BCUT2D eigenvalue weighted by Gasteiger charge is 2.03. The van der Waals surface area contributed by atoms with E-state index in [2.05, 4.69) is 0 Å². The Labute approximate surface area is 79.2 Å². The summed E-state index contributed by atoms with van der Waals surface area (Å²) in [7, 11) is 0. The molecule has 0 aliphatic carbocycles. The van der Waals surface area contributed by atoms with Crippen LogP contribution in [-0.4, -0.2) is 11.7 Å². The standard InChI is InChI=1S/C11H16O2/c1-4-13-11-6-5-10(9(3)12)7-8(11)2/h5-7,9,12H,4H2,1-3H3. The first kappa shape index (κ1) is 10.1. The molecule has 1 aromatic rings. The molecule has 1 aromatic carbocycles. The van der Waals surface area contributed by atoms with Crippen molar-refractivity contribution in [2.75, 3.05) is 6.61 Å². The van der Waals surface area contributed by atoms with E-state index in [0.717, 1.165) is 16.9 Å². The van der Waals surface area contributed by atoms with E-state index in [9.17, 15) is 5.11 Å². The summed E-state index contributed by atoms with van der Waals surface area (Å²) < 4.78 is 5.39. The molecule has 0 radical (unpaired) electrons. The van der Waals surface area contributed by atoms with Gasteiger partial charge in [0, 0.05) is 0 Å². The fourth-order valence-electron chi connectivity index (χ4n) is 1.25. The van der Waals surface area contributed by atoms with Crippen molar-refractivity contribution in [1.82, 2.24) is 0 Å². The molecule has 0 heterocycles. The molecule has 0 aliphatic heterocycles. The van der Waals surface area contributed by atoms with Crippen molar-refractivity contribution < 1.29 is 9.84 Å². The van der Waals surface area contributed by atoms with Gasteiger partial charge in [0.15, 0.2) is 0 Å². The van der Waals surface area contributed by atoms with Gasteiger partial charge in [0.2, 0.25) is 0 Å². The Morgan fingerprint density at radius 1 is 1.46 bits per heavy atom. The maximum Gasteiger partial charge on any atom is 0.122 e. The highest BCUT2D eigenvalue weighted by molar-refractivity contribution is 5.36. The van der Waals surface area contributed by atoms with Gasteiger partial charge in [-0.25, -0.2) is 0 Å². The largest absolute Gasteiger partial charge is 0.494 e. The fourth-order valence-corrected chi connectivity index (χ4v) is 1.25. The Morgan fingerprint density at radius 2 is 2.15 bits per heavy atom. The van der Waals surface area contributed by atoms with Gasteiger partial charge in [0.25, 0.3) is 0 Å². The summed E-state index contributed by atoms with van der Waals surface area (Å²) in [5.41, 5.74) is 2.00. The summed E-state index contributed by atoms with van der Waals surface area (Å²) in [6.07, 6.45) is -0.408. The first-order valence-corrected chi connectivity index (χ1v) is 4.56. The van der Waals surface area contributed by atoms with Crippen LogP contribution in [0.15, 0.2) is 18.2 Å². The van der Waals surface area contributed by atoms with E-state index >= 15 is 0 Å². The van der Waals surface area contributed by atoms with Crippen molar-refractivity contribution in [2.24, 2.45) is 0 Å². The molecule has 0 saturated carbocycles. The topological polar surface area (TPSA) is 29.5 Å². The lowest BCUT2D eigenvalue weighted by atomic mass is 10.1. The normalized spacial score (nSPS) is 12.6. The van der Waals surface area contributed by atoms with E-state index < -0.39 is 6.10 Å². The summed E-state index contributed by atoms with van der Waals surface area (Å²) >= 11 is 0. The van der Waals surface area contributed by atoms with E-state index in [1.165, 1.54) is 0 Å². The minimum atomic E-state index is -0.408. The van der Waals surface area contributed by atoms with Gasteiger partial charge in [-0.3, -0.25) is 0 Å². The summed E-state index contributed by atoms with van der Waals surface area (Å²) in [6.45, 7) is 6.38. The Balaban J connectivity index is 2.92. The first-order valence-electron chi connectivity index (χ1n) is 4.56. The van der Waals surface area contributed by atoms with E-state index in [4.69, 9.17) is 4.74 Å². The van der Waals surface area contributed by atoms with Gasteiger partial charge in [-0.1, -0.05) is 6.07 Å². The average molecular weight is 180 g/mol.